The van der Waals surface area contributed by atoms with E-state index in [0.717, 1.165) is 41.6 Å². The van der Waals surface area contributed by atoms with Crippen molar-refractivity contribution in [2.75, 3.05) is 5.73 Å². The van der Waals surface area contributed by atoms with Gasteiger partial charge in [0, 0.05) is 17.8 Å². The molecule has 0 aromatic carbocycles. The molecule has 3 heterocycles. The van der Waals surface area contributed by atoms with Crippen molar-refractivity contribution < 1.29 is 0 Å². The summed E-state index contributed by atoms with van der Waals surface area (Å²) in [6.45, 7) is 3.17. The Morgan fingerprint density at radius 3 is 3.06 bits per heavy atom. The first-order valence-electron chi connectivity index (χ1n) is 6.10. The molecule has 17 heavy (non-hydrogen) atoms. The maximum absolute atomic E-state index is 6.08. The van der Waals surface area contributed by atoms with E-state index in [1.165, 1.54) is 17.7 Å². The topological polar surface area (TPSA) is 56.7 Å². The number of fused-ring (bicyclic) bond motifs is 1. The zero-order valence-electron chi connectivity index (χ0n) is 9.94. The van der Waals surface area contributed by atoms with Crippen LogP contribution in [0.5, 0.6) is 0 Å². The molecular formula is C12H16N4S. The number of aromatic nitrogens is 3. The van der Waals surface area contributed by atoms with Gasteiger partial charge in [0.1, 0.15) is 5.82 Å². The maximum Gasteiger partial charge on any atom is 0.166 e. The van der Waals surface area contributed by atoms with Gasteiger partial charge in [-0.2, -0.15) is 0 Å². The number of anilines is 1. The zero-order chi connectivity index (χ0) is 11.8. The third-order valence-corrected chi connectivity index (χ3v) is 4.37. The van der Waals surface area contributed by atoms with Gasteiger partial charge in [-0.05, 0) is 25.3 Å². The summed E-state index contributed by atoms with van der Waals surface area (Å²) < 4.78 is 2.22. The Labute approximate surface area is 104 Å². The van der Waals surface area contributed by atoms with Crippen molar-refractivity contribution in [1.82, 2.24) is 14.8 Å². The second kappa shape index (κ2) is 4.14. The van der Waals surface area contributed by atoms with Crippen molar-refractivity contribution in [3.63, 3.8) is 0 Å². The number of aryl methyl sites for hydroxylation is 2. The molecule has 0 aliphatic carbocycles. The SMILES string of the molecule is CCc1cc(-c2nnc3n2CCCC3)c(N)s1. The Balaban J connectivity index is 2.08. The van der Waals surface area contributed by atoms with Gasteiger partial charge in [-0.15, -0.1) is 21.5 Å². The van der Waals surface area contributed by atoms with Crippen LogP contribution in [0.4, 0.5) is 5.00 Å². The predicted molar refractivity (Wildman–Crippen MR) is 70.1 cm³/mol. The average Bonchev–Trinajstić information content (AvgIpc) is 2.92. The number of rotatable bonds is 2. The fourth-order valence-electron chi connectivity index (χ4n) is 2.31. The van der Waals surface area contributed by atoms with Crippen LogP contribution in [0.2, 0.25) is 0 Å². The van der Waals surface area contributed by atoms with Crippen molar-refractivity contribution in [3.8, 4) is 11.4 Å². The first-order valence-corrected chi connectivity index (χ1v) is 6.92. The van der Waals surface area contributed by atoms with Gasteiger partial charge in [-0.1, -0.05) is 6.92 Å². The molecule has 2 N–H and O–H groups in total. The first kappa shape index (κ1) is 10.8. The number of nitrogens with zero attached hydrogens (tertiary/aromatic N) is 3. The van der Waals surface area contributed by atoms with Crippen molar-refractivity contribution in [1.29, 1.82) is 0 Å². The Bertz CT molecular complexity index is 541. The lowest BCUT2D eigenvalue weighted by molar-refractivity contribution is 0.526. The average molecular weight is 248 g/mol. The van der Waals surface area contributed by atoms with E-state index in [1.807, 2.05) is 0 Å². The fourth-order valence-corrected chi connectivity index (χ4v) is 3.18. The number of hydrogen-bond acceptors (Lipinski definition) is 4. The van der Waals surface area contributed by atoms with Gasteiger partial charge in [0.15, 0.2) is 5.82 Å². The molecule has 5 heteroatoms. The van der Waals surface area contributed by atoms with Gasteiger partial charge in [-0.25, -0.2) is 0 Å². The lowest BCUT2D eigenvalue weighted by atomic mass is 10.1. The molecule has 0 atom stereocenters. The summed E-state index contributed by atoms with van der Waals surface area (Å²) in [5.41, 5.74) is 7.14. The molecule has 0 unspecified atom stereocenters. The minimum absolute atomic E-state index is 0.864. The molecule has 4 nitrogen and oxygen atoms in total. The van der Waals surface area contributed by atoms with E-state index in [9.17, 15) is 0 Å². The smallest absolute Gasteiger partial charge is 0.166 e. The van der Waals surface area contributed by atoms with Gasteiger partial charge >= 0.3 is 0 Å². The summed E-state index contributed by atoms with van der Waals surface area (Å²) in [7, 11) is 0. The van der Waals surface area contributed by atoms with E-state index in [0.29, 0.717) is 0 Å². The van der Waals surface area contributed by atoms with Crippen LogP contribution in [0.15, 0.2) is 6.07 Å². The van der Waals surface area contributed by atoms with Crippen LogP contribution in [0, 0.1) is 0 Å². The molecule has 1 aliphatic rings. The summed E-state index contributed by atoms with van der Waals surface area (Å²) in [4.78, 5) is 1.31. The molecule has 0 bridgehead atoms. The van der Waals surface area contributed by atoms with E-state index in [1.54, 1.807) is 11.3 Å². The molecule has 0 amide bonds. The normalized spacial score (nSPS) is 14.9. The summed E-state index contributed by atoms with van der Waals surface area (Å²) in [5.74, 6) is 2.06. The van der Waals surface area contributed by atoms with E-state index < -0.39 is 0 Å². The minimum Gasteiger partial charge on any atom is -0.390 e. The molecular weight excluding hydrogens is 232 g/mol. The van der Waals surface area contributed by atoms with Gasteiger partial charge < -0.3 is 10.3 Å². The molecule has 0 saturated carbocycles. The predicted octanol–water partition coefficient (Wildman–Crippen LogP) is 2.49. The second-order valence-electron chi connectivity index (χ2n) is 4.39. The largest absolute Gasteiger partial charge is 0.390 e. The van der Waals surface area contributed by atoms with E-state index in [4.69, 9.17) is 5.73 Å². The van der Waals surface area contributed by atoms with Crippen molar-refractivity contribution in [2.24, 2.45) is 0 Å². The molecule has 0 radical (unpaired) electrons. The second-order valence-corrected chi connectivity index (χ2v) is 5.56. The quantitative estimate of drug-likeness (QED) is 0.888. The molecule has 3 rings (SSSR count). The monoisotopic (exact) mass is 248 g/mol. The summed E-state index contributed by atoms with van der Waals surface area (Å²) in [6, 6.07) is 2.16. The van der Waals surface area contributed by atoms with Crippen LogP contribution in [0.25, 0.3) is 11.4 Å². The van der Waals surface area contributed by atoms with E-state index in [2.05, 4.69) is 27.8 Å². The molecule has 1 aliphatic heterocycles. The van der Waals surface area contributed by atoms with Crippen molar-refractivity contribution in [2.45, 2.75) is 39.2 Å². The Kier molecular flexibility index (Phi) is 2.63. The van der Waals surface area contributed by atoms with Crippen LogP contribution < -0.4 is 5.73 Å². The highest BCUT2D eigenvalue weighted by Crippen LogP contribution is 2.34. The Hall–Kier alpha value is -1.36. The Morgan fingerprint density at radius 1 is 1.41 bits per heavy atom. The van der Waals surface area contributed by atoms with E-state index in [-0.39, 0.29) is 0 Å². The van der Waals surface area contributed by atoms with E-state index >= 15 is 0 Å². The maximum atomic E-state index is 6.08. The number of thiophene rings is 1. The van der Waals surface area contributed by atoms with Crippen LogP contribution in [-0.4, -0.2) is 14.8 Å². The van der Waals surface area contributed by atoms with Gasteiger partial charge in [0.2, 0.25) is 0 Å². The molecule has 0 saturated heterocycles. The zero-order valence-corrected chi connectivity index (χ0v) is 10.8. The minimum atomic E-state index is 0.864. The third kappa shape index (κ3) is 1.74. The van der Waals surface area contributed by atoms with Crippen LogP contribution in [-0.2, 0) is 19.4 Å². The third-order valence-electron chi connectivity index (χ3n) is 3.26. The highest BCUT2D eigenvalue weighted by atomic mass is 32.1. The van der Waals surface area contributed by atoms with Crippen LogP contribution >= 0.6 is 11.3 Å². The lowest BCUT2D eigenvalue weighted by Gasteiger charge is -2.14. The van der Waals surface area contributed by atoms with Crippen molar-refractivity contribution in [3.05, 3.63) is 16.8 Å². The molecule has 2 aromatic rings. The van der Waals surface area contributed by atoms with Gasteiger partial charge in [-0.3, -0.25) is 0 Å². The van der Waals surface area contributed by atoms with Crippen LogP contribution in [0.3, 0.4) is 0 Å². The summed E-state index contributed by atoms with van der Waals surface area (Å²) in [6.07, 6.45) is 4.49. The molecule has 90 valence electrons. The van der Waals surface area contributed by atoms with Gasteiger partial charge in [0.05, 0.1) is 10.6 Å². The molecule has 0 fully saturated rings. The highest BCUT2D eigenvalue weighted by Gasteiger charge is 2.19. The van der Waals surface area contributed by atoms with Gasteiger partial charge in [0.25, 0.3) is 0 Å². The van der Waals surface area contributed by atoms with Crippen molar-refractivity contribution >= 4 is 16.3 Å². The summed E-state index contributed by atoms with van der Waals surface area (Å²) >= 11 is 1.66. The number of nitrogen functional groups attached to an aromatic ring is 1. The molecule has 2 aromatic heterocycles. The number of nitrogens with two attached hydrogens (primary N) is 1. The fraction of sp³-hybridized carbons (Fsp3) is 0.500. The molecule has 0 spiro atoms. The Morgan fingerprint density at radius 2 is 2.29 bits per heavy atom. The lowest BCUT2D eigenvalue weighted by Crippen LogP contribution is -2.11. The standard InChI is InChI=1S/C12H16N4S/c1-2-8-7-9(11(13)17-8)12-15-14-10-5-3-4-6-16(10)12/h7H,2-6,13H2,1H3. The summed E-state index contributed by atoms with van der Waals surface area (Å²) in [5, 5.41) is 9.45. The first-order chi connectivity index (χ1) is 8.29. The van der Waals surface area contributed by atoms with Crippen LogP contribution in [0.1, 0.15) is 30.5 Å². The highest BCUT2D eigenvalue weighted by molar-refractivity contribution is 7.16. The number of hydrogen-bond donors (Lipinski definition) is 1.